The van der Waals surface area contributed by atoms with Crippen LogP contribution in [0.25, 0.3) is 0 Å². The Morgan fingerprint density at radius 1 is 1.12 bits per heavy atom. The molecule has 0 atom stereocenters. The fraction of sp³-hybridized carbons (Fsp3) is 0.462. The van der Waals surface area contributed by atoms with Crippen LogP contribution in [-0.4, -0.2) is 18.2 Å². The number of aldehydes is 1. The molecule has 0 N–H and O–H groups in total. The second-order valence-electron chi connectivity index (χ2n) is 3.61. The molecule has 0 fully saturated rings. The van der Waals surface area contributed by atoms with E-state index in [0.717, 1.165) is 18.0 Å². The standard InChI is InChI=1S/C13H17BrO2/c14-9-5-1-2-6-10-16-13-8-4-3-7-12(13)11-15/h3-4,7-8,11H,1-2,5-6,9-10H2. The highest BCUT2D eigenvalue weighted by molar-refractivity contribution is 9.09. The third-order valence-corrected chi connectivity index (χ3v) is 2.89. The maximum absolute atomic E-state index is 10.7. The van der Waals surface area contributed by atoms with Crippen molar-refractivity contribution in [2.24, 2.45) is 0 Å². The van der Waals surface area contributed by atoms with Crippen LogP contribution in [0.1, 0.15) is 36.0 Å². The number of para-hydroxylation sites is 1. The molecule has 0 radical (unpaired) electrons. The zero-order chi connectivity index (χ0) is 11.6. The lowest BCUT2D eigenvalue weighted by Gasteiger charge is -2.07. The van der Waals surface area contributed by atoms with Gasteiger partial charge in [0.05, 0.1) is 12.2 Å². The highest BCUT2D eigenvalue weighted by Crippen LogP contribution is 2.16. The zero-order valence-electron chi connectivity index (χ0n) is 9.32. The van der Waals surface area contributed by atoms with E-state index in [2.05, 4.69) is 15.9 Å². The summed E-state index contributed by atoms with van der Waals surface area (Å²) in [5.74, 6) is 0.693. The maximum Gasteiger partial charge on any atom is 0.153 e. The van der Waals surface area contributed by atoms with Gasteiger partial charge >= 0.3 is 0 Å². The van der Waals surface area contributed by atoms with Crippen molar-refractivity contribution in [3.63, 3.8) is 0 Å². The van der Waals surface area contributed by atoms with Crippen molar-refractivity contribution in [2.75, 3.05) is 11.9 Å². The molecule has 1 aromatic rings. The number of hydrogen-bond acceptors (Lipinski definition) is 2. The third-order valence-electron chi connectivity index (χ3n) is 2.33. The highest BCUT2D eigenvalue weighted by Gasteiger charge is 2.00. The van der Waals surface area contributed by atoms with Crippen molar-refractivity contribution < 1.29 is 9.53 Å². The summed E-state index contributed by atoms with van der Waals surface area (Å²) in [6.45, 7) is 0.688. The van der Waals surface area contributed by atoms with Crippen LogP contribution in [0, 0.1) is 0 Å². The van der Waals surface area contributed by atoms with Gasteiger partial charge in [0.15, 0.2) is 6.29 Å². The minimum Gasteiger partial charge on any atom is -0.493 e. The number of hydrogen-bond donors (Lipinski definition) is 0. The van der Waals surface area contributed by atoms with Gasteiger partial charge in [-0.15, -0.1) is 0 Å². The predicted octanol–water partition coefficient (Wildman–Crippen LogP) is 3.83. The van der Waals surface area contributed by atoms with E-state index in [1.165, 1.54) is 19.3 Å². The van der Waals surface area contributed by atoms with Gasteiger partial charge in [0, 0.05) is 5.33 Å². The molecule has 1 rings (SSSR count). The van der Waals surface area contributed by atoms with Crippen LogP contribution in [0.5, 0.6) is 5.75 Å². The quantitative estimate of drug-likeness (QED) is 0.412. The second-order valence-corrected chi connectivity index (χ2v) is 4.40. The number of unbranched alkanes of at least 4 members (excludes halogenated alkanes) is 3. The van der Waals surface area contributed by atoms with E-state index in [4.69, 9.17) is 4.74 Å². The molecule has 0 bridgehead atoms. The summed E-state index contributed by atoms with van der Waals surface area (Å²) in [5.41, 5.74) is 0.628. The number of benzene rings is 1. The molecule has 16 heavy (non-hydrogen) atoms. The van der Waals surface area contributed by atoms with Crippen molar-refractivity contribution in [3.8, 4) is 5.75 Å². The van der Waals surface area contributed by atoms with Crippen LogP contribution in [-0.2, 0) is 0 Å². The predicted molar refractivity (Wildman–Crippen MR) is 69.6 cm³/mol. The fourth-order valence-corrected chi connectivity index (χ4v) is 1.84. The largest absolute Gasteiger partial charge is 0.493 e. The van der Waals surface area contributed by atoms with Gasteiger partial charge in [0.25, 0.3) is 0 Å². The summed E-state index contributed by atoms with van der Waals surface area (Å²) in [5, 5.41) is 1.07. The Hall–Kier alpha value is -0.830. The lowest BCUT2D eigenvalue weighted by molar-refractivity contribution is 0.111. The molecule has 2 nitrogen and oxygen atoms in total. The van der Waals surface area contributed by atoms with E-state index in [0.29, 0.717) is 17.9 Å². The van der Waals surface area contributed by atoms with Crippen LogP contribution in [0.3, 0.4) is 0 Å². The number of carbonyl (C=O) groups is 1. The molecule has 3 heteroatoms. The molecule has 0 spiro atoms. The molecule has 0 amide bonds. The van der Waals surface area contributed by atoms with Crippen molar-refractivity contribution >= 4 is 22.2 Å². The number of rotatable bonds is 8. The van der Waals surface area contributed by atoms with E-state index in [9.17, 15) is 4.79 Å². The molecular formula is C13H17BrO2. The average Bonchev–Trinajstić information content (AvgIpc) is 2.34. The van der Waals surface area contributed by atoms with Gasteiger partial charge in [-0.2, -0.15) is 0 Å². The first-order chi connectivity index (χ1) is 7.88. The first-order valence-electron chi connectivity index (χ1n) is 5.61. The van der Waals surface area contributed by atoms with Crippen LogP contribution >= 0.6 is 15.9 Å². The van der Waals surface area contributed by atoms with Gasteiger partial charge in [-0.1, -0.05) is 40.9 Å². The lowest BCUT2D eigenvalue weighted by Crippen LogP contribution is -1.99. The summed E-state index contributed by atoms with van der Waals surface area (Å²) >= 11 is 3.40. The Kier molecular flexibility index (Phi) is 6.90. The molecule has 0 unspecified atom stereocenters. The lowest BCUT2D eigenvalue weighted by atomic mass is 10.2. The van der Waals surface area contributed by atoms with E-state index in [1.54, 1.807) is 6.07 Å². The van der Waals surface area contributed by atoms with Crippen molar-refractivity contribution in [1.29, 1.82) is 0 Å². The van der Waals surface area contributed by atoms with Crippen molar-refractivity contribution in [1.82, 2.24) is 0 Å². The summed E-state index contributed by atoms with van der Waals surface area (Å²) in [7, 11) is 0. The first kappa shape index (κ1) is 13.2. The average molecular weight is 285 g/mol. The summed E-state index contributed by atoms with van der Waals surface area (Å²) in [6.07, 6.45) is 5.49. The Morgan fingerprint density at radius 2 is 1.88 bits per heavy atom. The van der Waals surface area contributed by atoms with Gasteiger partial charge in [-0.05, 0) is 25.0 Å². The Balaban J connectivity index is 2.23. The summed E-state index contributed by atoms with van der Waals surface area (Å²) < 4.78 is 5.57. The maximum atomic E-state index is 10.7. The Bertz CT molecular complexity index is 313. The molecule has 0 aliphatic heterocycles. The molecule has 88 valence electrons. The number of halogens is 1. The molecule has 0 aliphatic carbocycles. The molecule has 0 aliphatic rings. The van der Waals surface area contributed by atoms with Crippen LogP contribution in [0.15, 0.2) is 24.3 Å². The Morgan fingerprint density at radius 3 is 2.62 bits per heavy atom. The van der Waals surface area contributed by atoms with Gasteiger partial charge in [0.1, 0.15) is 5.75 Å². The third kappa shape index (κ3) is 4.79. The topological polar surface area (TPSA) is 26.3 Å². The second kappa shape index (κ2) is 8.34. The van der Waals surface area contributed by atoms with Crippen molar-refractivity contribution in [2.45, 2.75) is 25.7 Å². The smallest absolute Gasteiger partial charge is 0.153 e. The molecule has 0 saturated carbocycles. The number of carbonyl (C=O) groups excluding carboxylic acids is 1. The summed E-state index contributed by atoms with van der Waals surface area (Å²) in [6, 6.07) is 7.33. The SMILES string of the molecule is O=Cc1ccccc1OCCCCCCBr. The summed E-state index contributed by atoms with van der Waals surface area (Å²) in [4.78, 5) is 10.7. The monoisotopic (exact) mass is 284 g/mol. The minimum absolute atomic E-state index is 0.628. The van der Waals surface area contributed by atoms with E-state index in [1.807, 2.05) is 18.2 Å². The molecule has 0 heterocycles. The number of alkyl halides is 1. The van der Waals surface area contributed by atoms with E-state index < -0.39 is 0 Å². The molecular weight excluding hydrogens is 268 g/mol. The minimum atomic E-state index is 0.628. The van der Waals surface area contributed by atoms with Gasteiger partial charge in [0.2, 0.25) is 0 Å². The Labute approximate surface area is 105 Å². The van der Waals surface area contributed by atoms with E-state index >= 15 is 0 Å². The number of ether oxygens (including phenoxy) is 1. The van der Waals surface area contributed by atoms with Crippen LogP contribution in [0.2, 0.25) is 0 Å². The molecule has 1 aromatic carbocycles. The van der Waals surface area contributed by atoms with Gasteiger partial charge in [-0.3, -0.25) is 4.79 Å². The van der Waals surface area contributed by atoms with E-state index in [-0.39, 0.29) is 0 Å². The van der Waals surface area contributed by atoms with Gasteiger partial charge in [-0.25, -0.2) is 0 Å². The van der Waals surface area contributed by atoms with Crippen molar-refractivity contribution in [3.05, 3.63) is 29.8 Å². The molecule has 0 aromatic heterocycles. The normalized spacial score (nSPS) is 10.1. The van der Waals surface area contributed by atoms with Gasteiger partial charge < -0.3 is 4.74 Å². The zero-order valence-corrected chi connectivity index (χ0v) is 10.9. The first-order valence-corrected chi connectivity index (χ1v) is 6.73. The van der Waals surface area contributed by atoms with Crippen LogP contribution in [0.4, 0.5) is 0 Å². The highest BCUT2D eigenvalue weighted by atomic mass is 79.9. The fourth-order valence-electron chi connectivity index (χ4n) is 1.44. The van der Waals surface area contributed by atoms with Crippen LogP contribution < -0.4 is 4.74 Å². The molecule has 0 saturated heterocycles.